The highest BCUT2D eigenvalue weighted by atomic mass is 19.1. The van der Waals surface area contributed by atoms with Crippen molar-refractivity contribution in [3.63, 3.8) is 0 Å². The van der Waals surface area contributed by atoms with Crippen LogP contribution in [0.5, 0.6) is 0 Å². The maximum absolute atomic E-state index is 13.1. The average Bonchev–Trinajstić information content (AvgIpc) is 3.11. The minimum Gasteiger partial charge on any atom is -0.335 e. The van der Waals surface area contributed by atoms with Crippen LogP contribution in [-0.4, -0.2) is 21.4 Å². The van der Waals surface area contributed by atoms with Gasteiger partial charge in [-0.05, 0) is 55.2 Å². The Hall–Kier alpha value is -3.09. The first-order valence-corrected chi connectivity index (χ1v) is 7.84. The molecule has 0 spiro atoms. The standard InChI is InChI=1S/C18H18FN5O/c1-11-3-4-12(2)16(9-11)20-18(25)15(17-21-23-24-22-17)10-13-5-7-14(19)8-6-13/h3-9,15H,10H2,1-2H3,(H2,20,21,22,23,24,25)/p-1/t15-/m0/s1. The molecule has 3 rings (SSSR count). The number of carbonyl (C=O) groups is 1. The Labute approximate surface area is 144 Å². The highest BCUT2D eigenvalue weighted by molar-refractivity contribution is 5.96. The number of aryl methyl sites for hydroxylation is 2. The van der Waals surface area contributed by atoms with Gasteiger partial charge in [-0.1, -0.05) is 24.3 Å². The molecule has 128 valence electrons. The lowest BCUT2D eigenvalue weighted by atomic mass is 9.97. The van der Waals surface area contributed by atoms with Gasteiger partial charge in [-0.25, -0.2) is 4.39 Å². The molecule has 0 saturated carbocycles. The molecule has 0 aliphatic heterocycles. The van der Waals surface area contributed by atoms with Crippen LogP contribution in [0.25, 0.3) is 0 Å². The van der Waals surface area contributed by atoms with E-state index >= 15 is 0 Å². The number of nitrogens with zero attached hydrogens (tertiary/aromatic N) is 4. The Morgan fingerprint density at radius 2 is 1.96 bits per heavy atom. The van der Waals surface area contributed by atoms with Gasteiger partial charge >= 0.3 is 0 Å². The van der Waals surface area contributed by atoms with Crippen molar-refractivity contribution in [3.8, 4) is 0 Å². The molecule has 6 nitrogen and oxygen atoms in total. The molecule has 0 unspecified atom stereocenters. The molecule has 0 fully saturated rings. The summed E-state index contributed by atoms with van der Waals surface area (Å²) < 4.78 is 13.1. The smallest absolute Gasteiger partial charge is 0.232 e. The molecule has 1 N–H and O–H groups in total. The Morgan fingerprint density at radius 1 is 1.20 bits per heavy atom. The van der Waals surface area contributed by atoms with E-state index < -0.39 is 5.92 Å². The van der Waals surface area contributed by atoms with Crippen LogP contribution in [0.3, 0.4) is 0 Å². The van der Waals surface area contributed by atoms with Crippen LogP contribution in [0.15, 0.2) is 42.5 Å². The van der Waals surface area contributed by atoms with Crippen molar-refractivity contribution in [3.05, 3.63) is 70.8 Å². The molecule has 0 saturated heterocycles. The van der Waals surface area contributed by atoms with E-state index in [9.17, 15) is 9.18 Å². The molecular formula is C18H17FN5O-. The molecule has 2 aromatic carbocycles. The van der Waals surface area contributed by atoms with Crippen LogP contribution < -0.4 is 10.4 Å². The molecule has 25 heavy (non-hydrogen) atoms. The third-order valence-electron chi connectivity index (χ3n) is 3.97. The Kier molecular flexibility index (Phi) is 4.83. The lowest BCUT2D eigenvalue weighted by Crippen LogP contribution is -2.25. The van der Waals surface area contributed by atoms with E-state index in [0.29, 0.717) is 6.42 Å². The van der Waals surface area contributed by atoms with Crippen molar-refractivity contribution in [2.24, 2.45) is 0 Å². The Balaban J connectivity index is 1.85. The summed E-state index contributed by atoms with van der Waals surface area (Å²) in [6.45, 7) is 3.88. The number of rotatable bonds is 5. The van der Waals surface area contributed by atoms with Crippen molar-refractivity contribution >= 4 is 11.6 Å². The van der Waals surface area contributed by atoms with Gasteiger partial charge in [-0.15, -0.1) is 0 Å². The second kappa shape index (κ2) is 7.21. The summed E-state index contributed by atoms with van der Waals surface area (Å²) in [6.07, 6.45) is 0.324. The van der Waals surface area contributed by atoms with Crippen LogP contribution in [0.2, 0.25) is 0 Å². The van der Waals surface area contributed by atoms with E-state index in [1.54, 1.807) is 12.1 Å². The molecule has 0 aliphatic rings. The number of benzene rings is 2. The van der Waals surface area contributed by atoms with Gasteiger partial charge in [0.2, 0.25) is 5.91 Å². The van der Waals surface area contributed by atoms with Crippen molar-refractivity contribution in [2.45, 2.75) is 26.2 Å². The minimum absolute atomic E-state index is 0.243. The lowest BCUT2D eigenvalue weighted by molar-refractivity contribution is -0.117. The van der Waals surface area contributed by atoms with Crippen LogP contribution in [0.4, 0.5) is 10.1 Å². The van der Waals surface area contributed by atoms with Crippen LogP contribution >= 0.6 is 0 Å². The van der Waals surface area contributed by atoms with E-state index in [1.165, 1.54) is 12.1 Å². The third-order valence-corrected chi connectivity index (χ3v) is 3.97. The number of halogens is 1. The molecule has 1 atom stereocenters. The summed E-state index contributed by atoms with van der Waals surface area (Å²) >= 11 is 0. The summed E-state index contributed by atoms with van der Waals surface area (Å²) in [5.74, 6) is -1.01. The fourth-order valence-corrected chi connectivity index (χ4v) is 2.54. The van der Waals surface area contributed by atoms with E-state index in [0.717, 1.165) is 22.4 Å². The number of nitrogens with one attached hydrogen (secondary N) is 1. The molecular weight excluding hydrogens is 321 g/mol. The number of hydrogen-bond donors (Lipinski definition) is 1. The van der Waals surface area contributed by atoms with Gasteiger partial charge in [0.1, 0.15) is 5.82 Å². The monoisotopic (exact) mass is 338 g/mol. The second-order valence-electron chi connectivity index (χ2n) is 5.93. The fourth-order valence-electron chi connectivity index (χ4n) is 2.54. The summed E-state index contributed by atoms with van der Waals surface area (Å²) in [6, 6.07) is 11.8. The number of anilines is 1. The normalized spacial score (nSPS) is 12.0. The molecule has 3 aromatic rings. The summed E-state index contributed by atoms with van der Waals surface area (Å²) in [4.78, 5) is 12.8. The molecule has 0 radical (unpaired) electrons. The first-order chi connectivity index (χ1) is 12.0. The zero-order valence-corrected chi connectivity index (χ0v) is 13.9. The van der Waals surface area contributed by atoms with Gasteiger partial charge in [0.05, 0.1) is 5.92 Å². The van der Waals surface area contributed by atoms with Gasteiger partial charge in [-0.3, -0.25) is 15.1 Å². The van der Waals surface area contributed by atoms with E-state index in [2.05, 4.69) is 25.9 Å². The third kappa shape index (κ3) is 4.06. The predicted octanol–water partition coefficient (Wildman–Crippen LogP) is 2.55. The lowest BCUT2D eigenvalue weighted by Gasteiger charge is -2.18. The van der Waals surface area contributed by atoms with Gasteiger partial charge < -0.3 is 10.4 Å². The van der Waals surface area contributed by atoms with Gasteiger partial charge in [0, 0.05) is 11.5 Å². The maximum atomic E-state index is 13.1. The predicted molar refractivity (Wildman–Crippen MR) is 90.5 cm³/mol. The Morgan fingerprint density at radius 3 is 2.64 bits per heavy atom. The van der Waals surface area contributed by atoms with E-state index in [-0.39, 0.29) is 17.5 Å². The summed E-state index contributed by atoms with van der Waals surface area (Å²) in [5, 5.41) is 17.5. The van der Waals surface area contributed by atoms with Crippen LogP contribution in [0.1, 0.15) is 28.4 Å². The quantitative estimate of drug-likeness (QED) is 0.773. The van der Waals surface area contributed by atoms with Gasteiger partial charge in [-0.2, -0.15) is 5.21 Å². The maximum Gasteiger partial charge on any atom is 0.232 e. The van der Waals surface area contributed by atoms with Crippen molar-refractivity contribution in [1.29, 1.82) is 0 Å². The highest BCUT2D eigenvalue weighted by Gasteiger charge is 2.21. The highest BCUT2D eigenvalue weighted by Crippen LogP contribution is 2.22. The van der Waals surface area contributed by atoms with Crippen molar-refractivity contribution in [2.75, 3.05) is 5.32 Å². The molecule has 1 amide bonds. The average molecular weight is 338 g/mol. The first kappa shape index (κ1) is 16.8. The first-order valence-electron chi connectivity index (χ1n) is 7.84. The SMILES string of the molecule is Cc1ccc(C)c(NC(=O)[C@@H](Cc2ccc(F)cc2)c2nnn[n-]2)c1. The number of amides is 1. The second-order valence-corrected chi connectivity index (χ2v) is 5.93. The largest absolute Gasteiger partial charge is 0.335 e. The van der Waals surface area contributed by atoms with Crippen LogP contribution in [-0.2, 0) is 11.2 Å². The topological polar surface area (TPSA) is 81.9 Å². The van der Waals surface area contributed by atoms with E-state index in [4.69, 9.17) is 0 Å². The number of carbonyl (C=O) groups excluding carboxylic acids is 1. The van der Waals surface area contributed by atoms with E-state index in [1.807, 2.05) is 32.0 Å². The van der Waals surface area contributed by atoms with Gasteiger partial charge in [0.25, 0.3) is 0 Å². The molecule has 0 aliphatic carbocycles. The van der Waals surface area contributed by atoms with Crippen molar-refractivity contribution < 1.29 is 9.18 Å². The number of aromatic nitrogens is 4. The fraction of sp³-hybridized carbons (Fsp3) is 0.222. The van der Waals surface area contributed by atoms with Crippen LogP contribution in [0, 0.1) is 19.7 Å². The van der Waals surface area contributed by atoms with Gasteiger partial charge in [0.15, 0.2) is 0 Å². The van der Waals surface area contributed by atoms with Crippen molar-refractivity contribution in [1.82, 2.24) is 20.6 Å². The summed E-state index contributed by atoms with van der Waals surface area (Å²) in [7, 11) is 0. The molecule has 0 bridgehead atoms. The molecule has 1 heterocycles. The summed E-state index contributed by atoms with van der Waals surface area (Å²) in [5.41, 5.74) is 3.54. The molecule has 1 aromatic heterocycles. The minimum atomic E-state index is -0.666. The number of hydrogen-bond acceptors (Lipinski definition) is 4. The zero-order chi connectivity index (χ0) is 17.8. The Bertz CT molecular complexity index is 862. The zero-order valence-electron chi connectivity index (χ0n) is 13.9. The number of tetrazole rings is 1. The molecule has 7 heteroatoms.